The van der Waals surface area contributed by atoms with Crippen LogP contribution in [0.2, 0.25) is 0 Å². The van der Waals surface area contributed by atoms with Gasteiger partial charge in [0.2, 0.25) is 0 Å². The van der Waals surface area contributed by atoms with Gasteiger partial charge in [-0.05, 0) is 39.0 Å². The summed E-state index contributed by atoms with van der Waals surface area (Å²) < 4.78 is 15.8. The Bertz CT molecular complexity index is 815. The fraction of sp³-hybridized carbons (Fsp3) is 0.250. The zero-order valence-corrected chi connectivity index (χ0v) is 12.3. The van der Waals surface area contributed by atoms with Gasteiger partial charge in [0.15, 0.2) is 0 Å². The van der Waals surface area contributed by atoms with Crippen molar-refractivity contribution in [2.45, 2.75) is 26.3 Å². The molecule has 0 saturated heterocycles. The number of halogens is 1. The molecule has 0 saturated carbocycles. The van der Waals surface area contributed by atoms with E-state index < -0.39 is 5.82 Å². The van der Waals surface area contributed by atoms with E-state index >= 15 is 0 Å². The van der Waals surface area contributed by atoms with Crippen LogP contribution in [0.1, 0.15) is 20.8 Å². The van der Waals surface area contributed by atoms with Crippen molar-refractivity contribution in [2.75, 3.05) is 5.73 Å². The van der Waals surface area contributed by atoms with Crippen LogP contribution in [0.5, 0.6) is 0 Å². The first-order valence-corrected chi connectivity index (χ1v) is 6.77. The first kappa shape index (κ1) is 13.5. The van der Waals surface area contributed by atoms with Crippen molar-refractivity contribution in [3.8, 4) is 11.4 Å². The zero-order valence-electron chi connectivity index (χ0n) is 12.3. The second-order valence-electron chi connectivity index (χ2n) is 6.01. The van der Waals surface area contributed by atoms with Gasteiger partial charge in [-0.1, -0.05) is 6.07 Å². The van der Waals surface area contributed by atoms with Crippen LogP contribution in [0, 0.1) is 5.82 Å². The lowest BCUT2D eigenvalue weighted by Crippen LogP contribution is -2.22. The Kier molecular flexibility index (Phi) is 2.93. The molecule has 0 fully saturated rings. The number of imidazole rings is 1. The number of rotatable bonds is 1. The minimum Gasteiger partial charge on any atom is -0.396 e. The van der Waals surface area contributed by atoms with Gasteiger partial charge in [0.1, 0.15) is 17.2 Å². The Morgan fingerprint density at radius 3 is 2.67 bits per heavy atom. The maximum Gasteiger partial charge on any atom is 0.146 e. The Hall–Kier alpha value is -2.43. The summed E-state index contributed by atoms with van der Waals surface area (Å²) in [7, 11) is 0. The molecule has 0 unspecified atom stereocenters. The number of pyridine rings is 1. The van der Waals surface area contributed by atoms with Crippen molar-refractivity contribution in [1.29, 1.82) is 0 Å². The molecular weight excluding hydrogens is 267 g/mol. The highest BCUT2D eigenvalue weighted by molar-refractivity contribution is 5.83. The highest BCUT2D eigenvalue weighted by atomic mass is 19.1. The summed E-state index contributed by atoms with van der Waals surface area (Å²) in [5.74, 6) is 0.223. The van der Waals surface area contributed by atoms with Gasteiger partial charge in [-0.15, -0.1) is 0 Å². The molecule has 0 amide bonds. The number of benzene rings is 1. The van der Waals surface area contributed by atoms with E-state index in [1.165, 1.54) is 6.07 Å². The molecule has 0 aliphatic carbocycles. The number of hydrogen-bond donors (Lipinski definition) is 1. The number of hydrogen-bond acceptors (Lipinski definition) is 3. The van der Waals surface area contributed by atoms with Crippen LogP contribution >= 0.6 is 0 Å². The number of nitrogen functional groups attached to an aromatic ring is 1. The second kappa shape index (κ2) is 4.55. The molecule has 2 aromatic heterocycles. The third-order valence-corrected chi connectivity index (χ3v) is 3.42. The quantitative estimate of drug-likeness (QED) is 0.695. The molecule has 0 aliphatic heterocycles. The topological polar surface area (TPSA) is 56.7 Å². The lowest BCUT2D eigenvalue weighted by atomic mass is 10.1. The van der Waals surface area contributed by atoms with E-state index in [0.29, 0.717) is 11.4 Å². The third-order valence-electron chi connectivity index (χ3n) is 3.42. The molecule has 0 spiro atoms. The smallest absolute Gasteiger partial charge is 0.146 e. The molecule has 0 radical (unpaired) electrons. The molecular formula is C16H17FN4. The fourth-order valence-electron chi connectivity index (χ4n) is 2.52. The standard InChI is InChI=1S/C16H17FN4/c1-16(2,3)21-13-7-8-19-9-12(13)20-15(21)10-5-4-6-11(17)14(10)18/h4-9H,18H2,1-3H3. The van der Waals surface area contributed by atoms with Gasteiger partial charge < -0.3 is 10.3 Å². The Morgan fingerprint density at radius 2 is 1.95 bits per heavy atom. The Balaban J connectivity index is 2.40. The van der Waals surface area contributed by atoms with E-state index in [9.17, 15) is 4.39 Å². The molecule has 21 heavy (non-hydrogen) atoms. The number of anilines is 1. The van der Waals surface area contributed by atoms with E-state index in [4.69, 9.17) is 5.73 Å². The van der Waals surface area contributed by atoms with Crippen LogP contribution in [0.4, 0.5) is 10.1 Å². The number of fused-ring (bicyclic) bond motifs is 1. The SMILES string of the molecule is CC(C)(C)n1c(-c2cccc(F)c2N)nc2cnccc21. The van der Waals surface area contributed by atoms with Crippen molar-refractivity contribution in [3.63, 3.8) is 0 Å². The van der Waals surface area contributed by atoms with E-state index in [-0.39, 0.29) is 11.2 Å². The van der Waals surface area contributed by atoms with Gasteiger partial charge in [0, 0.05) is 17.3 Å². The molecule has 108 valence electrons. The van der Waals surface area contributed by atoms with Crippen LogP contribution in [0.15, 0.2) is 36.7 Å². The minimum atomic E-state index is -0.432. The van der Waals surface area contributed by atoms with E-state index in [1.54, 1.807) is 24.5 Å². The van der Waals surface area contributed by atoms with Gasteiger partial charge >= 0.3 is 0 Å². The summed E-state index contributed by atoms with van der Waals surface area (Å²) in [4.78, 5) is 8.71. The van der Waals surface area contributed by atoms with Crippen molar-refractivity contribution < 1.29 is 4.39 Å². The van der Waals surface area contributed by atoms with Crippen LogP contribution in [-0.2, 0) is 5.54 Å². The normalized spacial score (nSPS) is 12.0. The summed E-state index contributed by atoms with van der Waals surface area (Å²) in [6.07, 6.45) is 3.43. The predicted molar refractivity (Wildman–Crippen MR) is 82.3 cm³/mol. The molecule has 4 nitrogen and oxygen atoms in total. The molecule has 5 heteroatoms. The molecule has 0 bridgehead atoms. The molecule has 1 aromatic carbocycles. The van der Waals surface area contributed by atoms with Crippen LogP contribution in [0.3, 0.4) is 0 Å². The minimum absolute atomic E-state index is 0.117. The zero-order chi connectivity index (χ0) is 15.2. The first-order chi connectivity index (χ1) is 9.89. The summed E-state index contributed by atoms with van der Waals surface area (Å²) in [6, 6.07) is 6.69. The molecule has 3 rings (SSSR count). The molecule has 2 heterocycles. The summed E-state index contributed by atoms with van der Waals surface area (Å²) in [6.45, 7) is 6.23. The largest absolute Gasteiger partial charge is 0.396 e. The first-order valence-electron chi connectivity index (χ1n) is 6.77. The maximum absolute atomic E-state index is 13.8. The van der Waals surface area contributed by atoms with Crippen molar-refractivity contribution >= 4 is 16.7 Å². The maximum atomic E-state index is 13.8. The summed E-state index contributed by atoms with van der Waals surface area (Å²) >= 11 is 0. The highest BCUT2D eigenvalue weighted by Gasteiger charge is 2.24. The van der Waals surface area contributed by atoms with Gasteiger partial charge in [0.05, 0.1) is 17.4 Å². The van der Waals surface area contributed by atoms with Gasteiger partial charge in [-0.3, -0.25) is 4.98 Å². The lowest BCUT2D eigenvalue weighted by Gasteiger charge is -2.25. The van der Waals surface area contributed by atoms with Gasteiger partial charge in [-0.25, -0.2) is 9.37 Å². The monoisotopic (exact) mass is 284 g/mol. The average Bonchev–Trinajstić information content (AvgIpc) is 2.80. The van der Waals surface area contributed by atoms with Crippen LogP contribution in [-0.4, -0.2) is 14.5 Å². The summed E-state index contributed by atoms with van der Waals surface area (Å²) in [5, 5.41) is 0. The number of para-hydroxylation sites is 1. The third kappa shape index (κ3) is 2.14. The van der Waals surface area contributed by atoms with Crippen LogP contribution in [0.25, 0.3) is 22.4 Å². The molecule has 0 aliphatic rings. The molecule has 2 N–H and O–H groups in total. The van der Waals surface area contributed by atoms with Crippen LogP contribution < -0.4 is 5.73 Å². The van der Waals surface area contributed by atoms with Gasteiger partial charge in [-0.2, -0.15) is 0 Å². The Labute approximate surface area is 122 Å². The summed E-state index contributed by atoms with van der Waals surface area (Å²) in [5.41, 5.74) is 8.13. The second-order valence-corrected chi connectivity index (χ2v) is 6.01. The Morgan fingerprint density at radius 1 is 1.19 bits per heavy atom. The molecule has 0 atom stereocenters. The van der Waals surface area contributed by atoms with E-state index in [2.05, 4.69) is 35.3 Å². The fourth-order valence-corrected chi connectivity index (χ4v) is 2.52. The number of aromatic nitrogens is 3. The van der Waals surface area contributed by atoms with E-state index in [0.717, 1.165) is 11.0 Å². The van der Waals surface area contributed by atoms with Gasteiger partial charge in [0.25, 0.3) is 0 Å². The highest BCUT2D eigenvalue weighted by Crippen LogP contribution is 2.34. The van der Waals surface area contributed by atoms with E-state index in [1.807, 2.05) is 6.07 Å². The van der Waals surface area contributed by atoms with Crippen molar-refractivity contribution in [2.24, 2.45) is 0 Å². The van der Waals surface area contributed by atoms with Crippen molar-refractivity contribution in [1.82, 2.24) is 14.5 Å². The predicted octanol–water partition coefficient (Wildman–Crippen LogP) is 3.57. The van der Waals surface area contributed by atoms with Crippen molar-refractivity contribution in [3.05, 3.63) is 42.5 Å². The number of nitrogens with zero attached hydrogens (tertiary/aromatic N) is 3. The lowest BCUT2D eigenvalue weighted by molar-refractivity contribution is 0.413. The average molecular weight is 284 g/mol. The number of nitrogens with two attached hydrogens (primary N) is 1. The molecule has 3 aromatic rings.